The maximum atomic E-state index is 12.8. The van der Waals surface area contributed by atoms with E-state index in [0.29, 0.717) is 30.2 Å². The lowest BCUT2D eigenvalue weighted by Crippen LogP contribution is -2.18. The van der Waals surface area contributed by atoms with Gasteiger partial charge in [-0.1, -0.05) is 30.3 Å². The van der Waals surface area contributed by atoms with E-state index in [1.54, 1.807) is 6.20 Å². The molecule has 0 radical (unpaired) electrons. The number of aryl methyl sites for hydroxylation is 2. The number of anilines is 1. The van der Waals surface area contributed by atoms with Crippen molar-refractivity contribution in [1.29, 1.82) is 0 Å². The quantitative estimate of drug-likeness (QED) is 0.458. The summed E-state index contributed by atoms with van der Waals surface area (Å²) in [5.74, 6) is 1.02. The molecule has 0 spiro atoms. The van der Waals surface area contributed by atoms with Crippen molar-refractivity contribution in [1.82, 2.24) is 19.9 Å². The molecule has 6 nitrogen and oxygen atoms in total. The van der Waals surface area contributed by atoms with Gasteiger partial charge in [0.05, 0.1) is 12.0 Å². The van der Waals surface area contributed by atoms with Gasteiger partial charge in [-0.05, 0) is 18.4 Å². The van der Waals surface area contributed by atoms with Crippen LogP contribution in [-0.2, 0) is 24.8 Å². The number of imidazole rings is 1. The van der Waals surface area contributed by atoms with Crippen molar-refractivity contribution in [2.45, 2.75) is 24.8 Å². The number of hydrogen-bond donors (Lipinski definition) is 3. The fourth-order valence-corrected chi connectivity index (χ4v) is 3.50. The monoisotopic (exact) mass is 423 g/mol. The molecule has 0 bridgehead atoms. The number of halogens is 3. The molecule has 0 atom stereocenters. The van der Waals surface area contributed by atoms with Crippen molar-refractivity contribution < 1.29 is 13.2 Å². The molecule has 0 saturated carbocycles. The first kappa shape index (κ1) is 21.0. The van der Waals surface area contributed by atoms with Crippen LogP contribution in [0.5, 0.6) is 0 Å². The fourth-order valence-electron chi connectivity index (χ4n) is 2.70. The summed E-state index contributed by atoms with van der Waals surface area (Å²) in [6, 6.07) is 9.88. The molecule has 0 aliphatic carbocycles. The minimum atomic E-state index is -4.43. The Balaban J connectivity index is 1.43. The van der Waals surface area contributed by atoms with E-state index in [0.717, 1.165) is 18.3 Å². The molecule has 29 heavy (non-hydrogen) atoms. The first-order valence-electron chi connectivity index (χ1n) is 8.96. The van der Waals surface area contributed by atoms with E-state index in [1.165, 1.54) is 11.8 Å². The van der Waals surface area contributed by atoms with Crippen LogP contribution in [0.15, 0.2) is 47.7 Å². The Bertz CT molecular complexity index is 972. The highest BCUT2D eigenvalue weighted by molar-refractivity contribution is 7.98. The Morgan fingerprint density at radius 2 is 1.90 bits per heavy atom. The molecule has 0 amide bonds. The van der Waals surface area contributed by atoms with E-state index in [2.05, 4.69) is 25.3 Å². The van der Waals surface area contributed by atoms with Crippen LogP contribution in [0, 0.1) is 0 Å². The van der Waals surface area contributed by atoms with Gasteiger partial charge in [-0.15, -0.1) is 0 Å². The molecule has 3 rings (SSSR count). The zero-order chi connectivity index (χ0) is 20.7. The SMILES string of the molecule is O=c1[nH]c(NCCSCc2nc[nH]c2C(F)(F)F)ncc1CCc1ccccc1. The molecule has 0 aliphatic heterocycles. The van der Waals surface area contributed by atoms with Crippen LogP contribution < -0.4 is 10.9 Å². The number of hydrogen-bond acceptors (Lipinski definition) is 5. The van der Waals surface area contributed by atoms with Crippen molar-refractivity contribution in [3.8, 4) is 0 Å². The van der Waals surface area contributed by atoms with Gasteiger partial charge in [0.15, 0.2) is 0 Å². The maximum Gasteiger partial charge on any atom is 0.433 e. The number of nitrogens with one attached hydrogen (secondary N) is 3. The van der Waals surface area contributed by atoms with Crippen molar-refractivity contribution >= 4 is 17.7 Å². The highest BCUT2D eigenvalue weighted by atomic mass is 32.2. The van der Waals surface area contributed by atoms with Crippen molar-refractivity contribution in [2.75, 3.05) is 17.6 Å². The number of thioether (sulfide) groups is 1. The smallest absolute Gasteiger partial charge is 0.355 e. The molecule has 3 aromatic rings. The van der Waals surface area contributed by atoms with Crippen LogP contribution >= 0.6 is 11.8 Å². The summed E-state index contributed by atoms with van der Waals surface area (Å²) in [6.07, 6.45) is -0.492. The average Bonchev–Trinajstić information content (AvgIpc) is 3.17. The summed E-state index contributed by atoms with van der Waals surface area (Å²) in [6.45, 7) is 0.447. The maximum absolute atomic E-state index is 12.8. The molecule has 3 N–H and O–H groups in total. The van der Waals surface area contributed by atoms with Crippen molar-refractivity contribution in [2.24, 2.45) is 0 Å². The highest BCUT2D eigenvalue weighted by Gasteiger charge is 2.35. The number of rotatable bonds is 9. The minimum Gasteiger partial charge on any atom is -0.355 e. The Kier molecular flexibility index (Phi) is 6.97. The van der Waals surface area contributed by atoms with Gasteiger partial charge in [0.1, 0.15) is 5.69 Å². The second-order valence-corrected chi connectivity index (χ2v) is 7.38. The van der Waals surface area contributed by atoms with E-state index in [4.69, 9.17) is 0 Å². The largest absolute Gasteiger partial charge is 0.433 e. The molecule has 154 valence electrons. The number of aromatic amines is 2. The number of alkyl halides is 3. The summed E-state index contributed by atoms with van der Waals surface area (Å²) in [5.41, 5.74) is 0.730. The molecular formula is C19H20F3N5OS. The van der Waals surface area contributed by atoms with Crippen molar-refractivity contribution in [3.05, 3.63) is 75.7 Å². The van der Waals surface area contributed by atoms with Gasteiger partial charge in [-0.2, -0.15) is 24.9 Å². The van der Waals surface area contributed by atoms with E-state index in [1.807, 2.05) is 30.3 Å². The number of H-pyrrole nitrogens is 2. The van der Waals surface area contributed by atoms with Gasteiger partial charge in [-0.25, -0.2) is 9.97 Å². The normalized spacial score (nSPS) is 11.6. The number of aromatic nitrogens is 4. The minimum absolute atomic E-state index is 0.0169. The standard InChI is InChI=1S/C19H20F3N5OS/c20-19(21,22)16-15(25-12-26-16)11-29-9-8-23-18-24-10-14(17(28)27-18)7-6-13-4-2-1-3-5-13/h1-5,10,12H,6-9,11H2,(H,25,26)(H2,23,24,27,28). The lowest BCUT2D eigenvalue weighted by Gasteiger charge is -2.08. The molecule has 0 fully saturated rings. The third kappa shape index (κ3) is 6.11. The van der Waals surface area contributed by atoms with E-state index < -0.39 is 11.9 Å². The molecule has 0 saturated heterocycles. The molecule has 0 aliphatic rings. The fraction of sp³-hybridized carbons (Fsp3) is 0.316. The third-order valence-corrected chi connectivity index (χ3v) is 5.15. The van der Waals surface area contributed by atoms with Gasteiger partial charge in [0.25, 0.3) is 5.56 Å². The molecule has 10 heteroatoms. The first-order chi connectivity index (χ1) is 13.9. The third-order valence-electron chi connectivity index (χ3n) is 4.18. The predicted molar refractivity (Wildman–Crippen MR) is 107 cm³/mol. The predicted octanol–water partition coefficient (Wildman–Crippen LogP) is 3.64. The Morgan fingerprint density at radius 3 is 2.62 bits per heavy atom. The summed E-state index contributed by atoms with van der Waals surface area (Å²) in [5, 5.41) is 2.97. The Labute approximate surface area is 169 Å². The first-order valence-corrected chi connectivity index (χ1v) is 10.1. The zero-order valence-electron chi connectivity index (χ0n) is 15.4. The zero-order valence-corrected chi connectivity index (χ0v) is 16.2. The van der Waals surface area contributed by atoms with Crippen molar-refractivity contribution in [3.63, 3.8) is 0 Å². The second kappa shape index (κ2) is 9.64. The Hall–Kier alpha value is -2.75. The highest BCUT2D eigenvalue weighted by Crippen LogP contribution is 2.31. The molecule has 2 heterocycles. The van der Waals surface area contributed by atoms with Crippen LogP contribution in [0.1, 0.15) is 22.5 Å². The van der Waals surface area contributed by atoms with Gasteiger partial charge in [-0.3, -0.25) is 9.78 Å². The van der Waals surface area contributed by atoms with Gasteiger partial charge in [0.2, 0.25) is 5.95 Å². The lowest BCUT2D eigenvalue weighted by atomic mass is 10.1. The molecule has 2 aromatic heterocycles. The van der Waals surface area contributed by atoms with Gasteiger partial charge < -0.3 is 10.3 Å². The summed E-state index contributed by atoms with van der Waals surface area (Å²) in [4.78, 5) is 24.9. The van der Waals surface area contributed by atoms with Crippen LogP contribution in [-0.4, -0.2) is 32.2 Å². The molecule has 0 unspecified atom stereocenters. The molecular weight excluding hydrogens is 403 g/mol. The summed E-state index contributed by atoms with van der Waals surface area (Å²) >= 11 is 1.31. The van der Waals surface area contributed by atoms with Crippen LogP contribution in [0.2, 0.25) is 0 Å². The van der Waals surface area contributed by atoms with Gasteiger partial charge >= 0.3 is 6.18 Å². The van der Waals surface area contributed by atoms with E-state index >= 15 is 0 Å². The van der Waals surface area contributed by atoms with Crippen LogP contribution in [0.4, 0.5) is 19.1 Å². The number of benzene rings is 1. The average molecular weight is 423 g/mol. The van der Waals surface area contributed by atoms with E-state index in [9.17, 15) is 18.0 Å². The van der Waals surface area contributed by atoms with Crippen LogP contribution in [0.3, 0.4) is 0 Å². The summed E-state index contributed by atoms with van der Waals surface area (Å²) in [7, 11) is 0. The lowest BCUT2D eigenvalue weighted by molar-refractivity contribution is -0.141. The second-order valence-electron chi connectivity index (χ2n) is 6.27. The number of nitrogens with zero attached hydrogens (tertiary/aromatic N) is 2. The van der Waals surface area contributed by atoms with Crippen LogP contribution in [0.25, 0.3) is 0 Å². The Morgan fingerprint density at radius 1 is 1.10 bits per heavy atom. The summed E-state index contributed by atoms with van der Waals surface area (Å²) < 4.78 is 38.3. The topological polar surface area (TPSA) is 86.5 Å². The molecule has 1 aromatic carbocycles. The van der Waals surface area contributed by atoms with E-state index in [-0.39, 0.29) is 17.0 Å². The van der Waals surface area contributed by atoms with Gasteiger partial charge in [0, 0.05) is 29.8 Å².